The summed E-state index contributed by atoms with van der Waals surface area (Å²) in [7, 11) is 0. The minimum absolute atomic E-state index is 0.0588. The van der Waals surface area contributed by atoms with Gasteiger partial charge in [-0.05, 0) is 63.7 Å². The van der Waals surface area contributed by atoms with Crippen molar-refractivity contribution in [1.82, 2.24) is 0 Å². The molecule has 4 saturated carbocycles. The molecule has 4 aliphatic rings. The van der Waals surface area contributed by atoms with Gasteiger partial charge in [-0.3, -0.25) is 0 Å². The number of nitrogens with two attached hydrogens (primary N) is 1. The van der Waals surface area contributed by atoms with Crippen LogP contribution in [-0.2, 0) is 0 Å². The first-order valence-electron chi connectivity index (χ1n) is 6.89. The smallest absolute Gasteiger partial charge is 0.0674 e. The van der Waals surface area contributed by atoms with Gasteiger partial charge in [0.2, 0.25) is 0 Å². The molecule has 2 heteroatoms. The zero-order chi connectivity index (χ0) is 11.6. The van der Waals surface area contributed by atoms with Crippen molar-refractivity contribution < 1.29 is 5.11 Å². The molecule has 0 spiro atoms. The van der Waals surface area contributed by atoms with Gasteiger partial charge in [0.15, 0.2) is 0 Å². The fourth-order valence-corrected chi connectivity index (χ4v) is 5.34. The van der Waals surface area contributed by atoms with Crippen LogP contribution in [0.25, 0.3) is 0 Å². The van der Waals surface area contributed by atoms with Gasteiger partial charge in [-0.1, -0.05) is 6.92 Å². The van der Waals surface area contributed by atoms with E-state index in [1.54, 1.807) is 0 Å². The Kier molecular flexibility index (Phi) is 2.09. The highest BCUT2D eigenvalue weighted by molar-refractivity contribution is 5.15. The van der Waals surface area contributed by atoms with E-state index in [-0.39, 0.29) is 11.0 Å². The van der Waals surface area contributed by atoms with E-state index in [1.807, 2.05) is 6.92 Å². The van der Waals surface area contributed by atoms with Crippen LogP contribution in [0.1, 0.15) is 58.8 Å². The van der Waals surface area contributed by atoms with Gasteiger partial charge in [-0.2, -0.15) is 0 Å². The molecule has 0 aromatic heterocycles. The van der Waals surface area contributed by atoms with E-state index in [4.69, 9.17) is 5.73 Å². The second-order valence-corrected chi connectivity index (χ2v) is 7.23. The lowest BCUT2D eigenvalue weighted by Gasteiger charge is -2.64. The van der Waals surface area contributed by atoms with Gasteiger partial charge in [-0.25, -0.2) is 0 Å². The maximum Gasteiger partial charge on any atom is 0.0674 e. The standard InChI is InChI=1S/C14H25NO/c1-3-12(2,16)13-5-10-4-11(6-13)8-14(15,7-10)9-13/h10-11,16H,3-9,15H2,1-2H3. The summed E-state index contributed by atoms with van der Waals surface area (Å²) in [5.41, 5.74) is 6.24. The van der Waals surface area contributed by atoms with Crippen molar-refractivity contribution in [2.45, 2.75) is 69.9 Å². The first-order valence-corrected chi connectivity index (χ1v) is 6.89. The average Bonchev–Trinajstić information content (AvgIpc) is 2.13. The number of hydrogen-bond acceptors (Lipinski definition) is 2. The Balaban J connectivity index is 1.98. The van der Waals surface area contributed by atoms with Crippen molar-refractivity contribution in [3.05, 3.63) is 0 Å². The predicted molar refractivity (Wildman–Crippen MR) is 64.9 cm³/mol. The van der Waals surface area contributed by atoms with Crippen LogP contribution in [0.5, 0.6) is 0 Å². The third-order valence-electron chi connectivity index (χ3n) is 5.94. The predicted octanol–water partition coefficient (Wildman–Crippen LogP) is 2.45. The van der Waals surface area contributed by atoms with Crippen molar-refractivity contribution >= 4 is 0 Å². The van der Waals surface area contributed by atoms with Crippen molar-refractivity contribution in [1.29, 1.82) is 0 Å². The normalized spacial score (nSPS) is 54.0. The van der Waals surface area contributed by atoms with Crippen LogP contribution in [0.2, 0.25) is 0 Å². The molecule has 4 bridgehead atoms. The fraction of sp³-hybridized carbons (Fsp3) is 1.00. The SMILES string of the molecule is CCC(C)(O)C12CC3CC(CC(N)(C3)C1)C2. The molecular formula is C14H25NO. The molecule has 4 rings (SSSR count). The second-order valence-electron chi connectivity index (χ2n) is 7.23. The highest BCUT2D eigenvalue weighted by Gasteiger charge is 2.61. The van der Waals surface area contributed by atoms with E-state index in [9.17, 15) is 5.11 Å². The molecule has 0 radical (unpaired) electrons. The average molecular weight is 223 g/mol. The van der Waals surface area contributed by atoms with E-state index in [0.717, 1.165) is 24.7 Å². The summed E-state index contributed by atoms with van der Waals surface area (Å²) in [6.45, 7) is 4.16. The lowest BCUT2D eigenvalue weighted by Crippen LogP contribution is -2.65. The van der Waals surface area contributed by atoms with Gasteiger partial charge < -0.3 is 10.8 Å². The Morgan fingerprint density at radius 2 is 1.81 bits per heavy atom. The minimum atomic E-state index is -0.505. The Hall–Kier alpha value is -0.0800. The summed E-state index contributed by atoms with van der Waals surface area (Å²) in [5, 5.41) is 10.7. The highest BCUT2D eigenvalue weighted by Crippen LogP contribution is 2.64. The number of rotatable bonds is 2. The Morgan fingerprint density at radius 1 is 1.25 bits per heavy atom. The quantitative estimate of drug-likeness (QED) is 0.755. The summed E-state index contributed by atoms with van der Waals surface area (Å²) in [6.07, 6.45) is 8.18. The van der Waals surface area contributed by atoms with Crippen LogP contribution < -0.4 is 5.73 Å². The lowest BCUT2D eigenvalue weighted by atomic mass is 9.43. The topological polar surface area (TPSA) is 46.2 Å². The first kappa shape index (κ1) is 11.0. The van der Waals surface area contributed by atoms with E-state index in [0.29, 0.717) is 0 Å². The summed E-state index contributed by atoms with van der Waals surface area (Å²) in [5.74, 6) is 1.59. The molecule has 2 nitrogen and oxygen atoms in total. The van der Waals surface area contributed by atoms with Crippen LogP contribution in [0.4, 0.5) is 0 Å². The fourth-order valence-electron chi connectivity index (χ4n) is 5.34. The molecular weight excluding hydrogens is 198 g/mol. The number of hydrogen-bond donors (Lipinski definition) is 2. The van der Waals surface area contributed by atoms with Crippen molar-refractivity contribution in [3.63, 3.8) is 0 Å². The maximum atomic E-state index is 10.7. The largest absolute Gasteiger partial charge is 0.390 e. The summed E-state index contributed by atoms with van der Waals surface area (Å²) in [4.78, 5) is 0. The molecule has 0 saturated heterocycles. The second kappa shape index (κ2) is 3.02. The Labute approximate surface area is 98.6 Å². The Morgan fingerprint density at radius 3 is 2.25 bits per heavy atom. The van der Waals surface area contributed by atoms with Crippen molar-refractivity contribution in [3.8, 4) is 0 Å². The van der Waals surface area contributed by atoms with Crippen LogP contribution in [0.15, 0.2) is 0 Å². The molecule has 3 atom stereocenters. The molecule has 16 heavy (non-hydrogen) atoms. The molecule has 3 N–H and O–H groups in total. The third kappa shape index (κ3) is 1.32. The first-order chi connectivity index (χ1) is 7.38. The van der Waals surface area contributed by atoms with Gasteiger partial charge in [0.1, 0.15) is 0 Å². The summed E-state index contributed by atoms with van der Waals surface area (Å²) >= 11 is 0. The Bertz CT molecular complexity index is 296. The molecule has 4 fully saturated rings. The van der Waals surface area contributed by atoms with Crippen molar-refractivity contribution in [2.75, 3.05) is 0 Å². The lowest BCUT2D eigenvalue weighted by molar-refractivity contribution is -0.177. The van der Waals surface area contributed by atoms with E-state index in [1.165, 1.54) is 32.1 Å². The zero-order valence-corrected chi connectivity index (χ0v) is 10.6. The molecule has 0 aromatic rings. The van der Waals surface area contributed by atoms with E-state index >= 15 is 0 Å². The molecule has 3 unspecified atom stereocenters. The van der Waals surface area contributed by atoms with Gasteiger partial charge >= 0.3 is 0 Å². The molecule has 92 valence electrons. The summed E-state index contributed by atoms with van der Waals surface area (Å²) in [6, 6.07) is 0. The number of aliphatic hydroxyl groups is 1. The molecule has 0 amide bonds. The molecule has 0 aromatic carbocycles. The monoisotopic (exact) mass is 223 g/mol. The third-order valence-corrected chi connectivity index (χ3v) is 5.94. The van der Waals surface area contributed by atoms with Gasteiger partial charge in [0.25, 0.3) is 0 Å². The van der Waals surface area contributed by atoms with Crippen LogP contribution in [-0.4, -0.2) is 16.2 Å². The van der Waals surface area contributed by atoms with Gasteiger partial charge in [0.05, 0.1) is 5.60 Å². The van der Waals surface area contributed by atoms with Crippen LogP contribution >= 0.6 is 0 Å². The van der Waals surface area contributed by atoms with Crippen LogP contribution in [0.3, 0.4) is 0 Å². The van der Waals surface area contributed by atoms with E-state index in [2.05, 4.69) is 6.92 Å². The highest BCUT2D eigenvalue weighted by atomic mass is 16.3. The zero-order valence-electron chi connectivity index (χ0n) is 10.6. The maximum absolute atomic E-state index is 10.7. The molecule has 4 aliphatic carbocycles. The molecule has 0 aliphatic heterocycles. The van der Waals surface area contributed by atoms with Crippen molar-refractivity contribution in [2.24, 2.45) is 23.0 Å². The minimum Gasteiger partial charge on any atom is -0.390 e. The molecule has 0 heterocycles. The van der Waals surface area contributed by atoms with Gasteiger partial charge in [-0.15, -0.1) is 0 Å². The van der Waals surface area contributed by atoms with Gasteiger partial charge in [0, 0.05) is 11.0 Å². The summed E-state index contributed by atoms with van der Waals surface area (Å²) < 4.78 is 0. The van der Waals surface area contributed by atoms with E-state index < -0.39 is 5.60 Å². The van der Waals surface area contributed by atoms with Crippen LogP contribution in [0, 0.1) is 17.3 Å².